The fraction of sp³-hybridized carbons (Fsp3) is 0.467. The minimum Gasteiger partial charge on any atom is -0.361 e. The predicted octanol–water partition coefficient (Wildman–Crippen LogP) is 2.46. The molecule has 0 amide bonds. The van der Waals surface area contributed by atoms with E-state index in [4.69, 9.17) is 4.52 Å². The fourth-order valence-electron chi connectivity index (χ4n) is 2.29. The van der Waals surface area contributed by atoms with Crippen LogP contribution in [0.25, 0.3) is 0 Å². The normalized spacial score (nSPS) is 11.2. The molecule has 0 aliphatic carbocycles. The maximum absolute atomic E-state index is 5.18. The Morgan fingerprint density at radius 1 is 1.45 bits per heavy atom. The maximum Gasteiger partial charge on any atom is 0.194 e. The van der Waals surface area contributed by atoms with Crippen molar-refractivity contribution in [2.45, 2.75) is 26.9 Å². The molecule has 7 heteroatoms. The number of nitrogens with zero attached hydrogens (tertiary/aromatic N) is 4. The van der Waals surface area contributed by atoms with Crippen LogP contribution in [0.15, 0.2) is 27.8 Å². The molecular formula is C15H24IN5O. The summed E-state index contributed by atoms with van der Waals surface area (Å²) in [6.45, 7) is 5.33. The Balaban J connectivity index is 0.00000242. The van der Waals surface area contributed by atoms with E-state index in [1.807, 2.05) is 40.2 Å². The minimum atomic E-state index is 0. The van der Waals surface area contributed by atoms with Gasteiger partial charge in [-0.1, -0.05) is 5.16 Å². The molecule has 0 bridgehead atoms. The Labute approximate surface area is 148 Å². The van der Waals surface area contributed by atoms with Crippen LogP contribution < -0.4 is 5.32 Å². The summed E-state index contributed by atoms with van der Waals surface area (Å²) in [6.07, 6.45) is 2.04. The van der Waals surface area contributed by atoms with Crippen LogP contribution in [0.3, 0.4) is 0 Å². The molecule has 0 aliphatic rings. The van der Waals surface area contributed by atoms with Gasteiger partial charge in [-0.25, -0.2) is 0 Å². The molecule has 0 fully saturated rings. The number of nitrogens with one attached hydrogen (secondary N) is 1. The Hall–Kier alpha value is -1.51. The van der Waals surface area contributed by atoms with Crippen molar-refractivity contribution in [3.63, 3.8) is 0 Å². The molecule has 122 valence electrons. The number of guanidine groups is 1. The van der Waals surface area contributed by atoms with Gasteiger partial charge in [0.1, 0.15) is 5.76 Å². The molecule has 0 unspecified atom stereocenters. The first-order valence-corrected chi connectivity index (χ1v) is 6.96. The van der Waals surface area contributed by atoms with Gasteiger partial charge < -0.3 is 19.3 Å². The van der Waals surface area contributed by atoms with Gasteiger partial charge in [0.2, 0.25) is 0 Å². The summed E-state index contributed by atoms with van der Waals surface area (Å²) < 4.78 is 7.29. The molecule has 22 heavy (non-hydrogen) atoms. The van der Waals surface area contributed by atoms with Crippen LogP contribution in [0.5, 0.6) is 0 Å². The van der Waals surface area contributed by atoms with Crippen LogP contribution in [-0.2, 0) is 20.1 Å². The molecule has 0 saturated heterocycles. The average molecular weight is 417 g/mol. The zero-order valence-electron chi connectivity index (χ0n) is 13.8. The molecule has 2 aromatic rings. The average Bonchev–Trinajstić information content (AvgIpc) is 2.99. The summed E-state index contributed by atoms with van der Waals surface area (Å²) in [5, 5.41) is 7.32. The van der Waals surface area contributed by atoms with Crippen molar-refractivity contribution in [3.05, 3.63) is 41.0 Å². The van der Waals surface area contributed by atoms with E-state index in [-0.39, 0.29) is 24.0 Å². The van der Waals surface area contributed by atoms with Gasteiger partial charge in [0.15, 0.2) is 5.96 Å². The number of aliphatic imine (C=N–C) groups is 1. The molecule has 0 aliphatic heterocycles. The van der Waals surface area contributed by atoms with Gasteiger partial charge in [-0.3, -0.25) is 4.99 Å². The van der Waals surface area contributed by atoms with E-state index < -0.39 is 0 Å². The maximum atomic E-state index is 5.18. The third-order valence-corrected chi connectivity index (χ3v) is 3.63. The van der Waals surface area contributed by atoms with Crippen molar-refractivity contribution in [1.29, 1.82) is 0 Å². The minimum absolute atomic E-state index is 0. The number of rotatable bonds is 4. The Bertz CT molecular complexity index is 612. The van der Waals surface area contributed by atoms with Crippen LogP contribution in [0.2, 0.25) is 0 Å². The van der Waals surface area contributed by atoms with E-state index in [9.17, 15) is 0 Å². The highest BCUT2D eigenvalue weighted by Gasteiger charge is 2.12. The number of hydrogen-bond donors (Lipinski definition) is 1. The number of halogens is 1. The molecule has 0 radical (unpaired) electrons. The standard InChI is InChI=1S/C15H23N5O.HI/c1-11-14(12(2)21-18-11)9-17-15(16-3)20(5)10-13-7-6-8-19(13)4;/h6-8H,9-10H2,1-5H3,(H,16,17);1H. The first-order valence-electron chi connectivity index (χ1n) is 6.96. The van der Waals surface area contributed by atoms with Crippen LogP contribution in [0.4, 0.5) is 0 Å². The van der Waals surface area contributed by atoms with Gasteiger partial charge in [0.05, 0.1) is 12.2 Å². The molecule has 1 N–H and O–H groups in total. The van der Waals surface area contributed by atoms with E-state index in [0.29, 0.717) is 6.54 Å². The summed E-state index contributed by atoms with van der Waals surface area (Å²) in [7, 11) is 5.86. The first kappa shape index (κ1) is 18.5. The van der Waals surface area contributed by atoms with Crippen molar-refractivity contribution >= 4 is 29.9 Å². The largest absolute Gasteiger partial charge is 0.361 e. The van der Waals surface area contributed by atoms with Crippen molar-refractivity contribution < 1.29 is 4.52 Å². The van der Waals surface area contributed by atoms with E-state index in [0.717, 1.165) is 29.5 Å². The van der Waals surface area contributed by atoms with Gasteiger partial charge in [-0.15, -0.1) is 24.0 Å². The lowest BCUT2D eigenvalue weighted by Gasteiger charge is -2.22. The lowest BCUT2D eigenvalue weighted by atomic mass is 10.2. The third kappa shape index (κ3) is 4.25. The highest BCUT2D eigenvalue weighted by molar-refractivity contribution is 14.0. The Morgan fingerprint density at radius 2 is 2.18 bits per heavy atom. The molecule has 0 saturated carbocycles. The second-order valence-corrected chi connectivity index (χ2v) is 5.17. The Morgan fingerprint density at radius 3 is 2.68 bits per heavy atom. The summed E-state index contributed by atoms with van der Waals surface area (Å²) in [6, 6.07) is 4.15. The van der Waals surface area contributed by atoms with Gasteiger partial charge >= 0.3 is 0 Å². The molecule has 2 rings (SSSR count). The van der Waals surface area contributed by atoms with Crippen molar-refractivity contribution in [1.82, 2.24) is 19.9 Å². The molecule has 2 heterocycles. The molecule has 0 atom stereocenters. The quantitative estimate of drug-likeness (QED) is 0.472. The SMILES string of the molecule is CN=C(NCc1c(C)noc1C)N(C)Cc1cccn1C.I. The highest BCUT2D eigenvalue weighted by Crippen LogP contribution is 2.11. The van der Waals surface area contributed by atoms with Crippen molar-refractivity contribution in [2.24, 2.45) is 12.0 Å². The second kappa shape index (κ2) is 8.21. The fourth-order valence-corrected chi connectivity index (χ4v) is 2.29. The van der Waals surface area contributed by atoms with Gasteiger partial charge in [0.25, 0.3) is 0 Å². The predicted molar refractivity (Wildman–Crippen MR) is 98.5 cm³/mol. The lowest BCUT2D eigenvalue weighted by Crippen LogP contribution is -2.38. The molecule has 0 aromatic carbocycles. The van der Waals surface area contributed by atoms with Crippen LogP contribution in [0.1, 0.15) is 22.7 Å². The first-order chi connectivity index (χ1) is 10.0. The van der Waals surface area contributed by atoms with Gasteiger partial charge in [-0.2, -0.15) is 0 Å². The van der Waals surface area contributed by atoms with E-state index >= 15 is 0 Å². The van der Waals surface area contributed by atoms with Crippen molar-refractivity contribution in [3.8, 4) is 0 Å². The third-order valence-electron chi connectivity index (χ3n) is 3.63. The summed E-state index contributed by atoms with van der Waals surface area (Å²) >= 11 is 0. The topological polar surface area (TPSA) is 58.6 Å². The van der Waals surface area contributed by atoms with Gasteiger partial charge in [-0.05, 0) is 26.0 Å². The second-order valence-electron chi connectivity index (χ2n) is 5.17. The number of aromatic nitrogens is 2. The number of aryl methyl sites for hydroxylation is 3. The van der Waals surface area contributed by atoms with E-state index in [2.05, 4.69) is 31.0 Å². The van der Waals surface area contributed by atoms with E-state index in [1.165, 1.54) is 5.69 Å². The van der Waals surface area contributed by atoms with Crippen LogP contribution >= 0.6 is 24.0 Å². The van der Waals surface area contributed by atoms with Crippen LogP contribution in [0, 0.1) is 13.8 Å². The zero-order chi connectivity index (χ0) is 15.4. The van der Waals surface area contributed by atoms with Gasteiger partial charge in [0, 0.05) is 45.1 Å². The molecular weight excluding hydrogens is 393 g/mol. The number of hydrogen-bond acceptors (Lipinski definition) is 3. The molecule has 6 nitrogen and oxygen atoms in total. The Kier molecular flexibility index (Phi) is 6.92. The highest BCUT2D eigenvalue weighted by atomic mass is 127. The van der Waals surface area contributed by atoms with Crippen LogP contribution in [-0.4, -0.2) is 34.7 Å². The summed E-state index contributed by atoms with van der Waals surface area (Å²) in [4.78, 5) is 6.42. The summed E-state index contributed by atoms with van der Waals surface area (Å²) in [5.74, 6) is 1.69. The smallest absolute Gasteiger partial charge is 0.194 e. The van der Waals surface area contributed by atoms with E-state index in [1.54, 1.807) is 7.05 Å². The molecule has 0 spiro atoms. The zero-order valence-corrected chi connectivity index (χ0v) is 16.1. The van der Waals surface area contributed by atoms with Crippen molar-refractivity contribution in [2.75, 3.05) is 14.1 Å². The monoisotopic (exact) mass is 417 g/mol. The lowest BCUT2D eigenvalue weighted by molar-refractivity contribution is 0.392. The summed E-state index contributed by atoms with van der Waals surface area (Å²) in [5.41, 5.74) is 3.24. The molecule has 2 aromatic heterocycles.